The number of aliphatic hydroxyl groups excluding tert-OH is 1. The van der Waals surface area contributed by atoms with E-state index in [0.717, 1.165) is 24.0 Å². The quantitative estimate of drug-likeness (QED) is 0.867. The van der Waals surface area contributed by atoms with Crippen molar-refractivity contribution in [2.24, 2.45) is 0 Å². The summed E-state index contributed by atoms with van der Waals surface area (Å²) in [6, 6.07) is 3.06. The molecule has 0 saturated carbocycles. The van der Waals surface area contributed by atoms with Crippen molar-refractivity contribution in [3.63, 3.8) is 0 Å². The van der Waals surface area contributed by atoms with Gasteiger partial charge >= 0.3 is 0 Å². The van der Waals surface area contributed by atoms with Gasteiger partial charge in [-0.05, 0) is 17.7 Å². The fourth-order valence-electron chi connectivity index (χ4n) is 1.65. The molecule has 1 saturated heterocycles. The van der Waals surface area contributed by atoms with Gasteiger partial charge in [0.25, 0.3) is 0 Å². The molecule has 0 spiro atoms. The van der Waals surface area contributed by atoms with Crippen LogP contribution in [0.25, 0.3) is 0 Å². The Morgan fingerprint density at radius 1 is 1.31 bits per heavy atom. The Labute approximate surface area is 96.6 Å². The molecule has 1 heterocycles. The summed E-state index contributed by atoms with van der Waals surface area (Å²) in [5.41, 5.74) is 0.227. The van der Waals surface area contributed by atoms with Gasteiger partial charge in [0, 0.05) is 17.6 Å². The van der Waals surface area contributed by atoms with Gasteiger partial charge in [0.1, 0.15) is 17.7 Å². The number of rotatable bonds is 2. The molecule has 88 valence electrons. The Bertz CT molecular complexity index is 347. The minimum absolute atomic E-state index is 0.227. The lowest BCUT2D eigenvalue weighted by Crippen LogP contribution is -2.29. The molecule has 1 aliphatic rings. The summed E-state index contributed by atoms with van der Waals surface area (Å²) in [7, 11) is 0. The zero-order chi connectivity index (χ0) is 11.5. The lowest BCUT2D eigenvalue weighted by Gasteiger charge is -2.27. The maximum Gasteiger partial charge on any atom is 0.126 e. The number of benzene rings is 1. The predicted molar refractivity (Wildman–Crippen MR) is 58.4 cm³/mol. The van der Waals surface area contributed by atoms with Gasteiger partial charge in [-0.1, -0.05) is 0 Å². The van der Waals surface area contributed by atoms with Crippen LogP contribution in [0.4, 0.5) is 8.78 Å². The second kappa shape index (κ2) is 5.12. The van der Waals surface area contributed by atoms with E-state index in [1.54, 1.807) is 11.8 Å². The number of hydrogen-bond donors (Lipinski definition) is 1. The summed E-state index contributed by atoms with van der Waals surface area (Å²) in [6.45, 7) is 0.560. The van der Waals surface area contributed by atoms with Gasteiger partial charge in [-0.15, -0.1) is 0 Å². The maximum absolute atomic E-state index is 13.0. The third kappa shape index (κ3) is 2.72. The molecule has 0 aromatic heterocycles. The van der Waals surface area contributed by atoms with Crippen LogP contribution in [-0.4, -0.2) is 29.3 Å². The van der Waals surface area contributed by atoms with Crippen LogP contribution in [-0.2, 0) is 4.74 Å². The molecule has 1 aliphatic heterocycles. The van der Waals surface area contributed by atoms with Crippen molar-refractivity contribution in [1.29, 1.82) is 0 Å². The standard InChI is InChI=1S/C11H12F2O2S/c12-8-3-7(4-9(13)5-8)11(14)10-6-16-2-1-15-10/h3-5,10-11,14H,1-2,6H2. The average molecular weight is 246 g/mol. The van der Waals surface area contributed by atoms with Gasteiger partial charge in [-0.2, -0.15) is 11.8 Å². The molecule has 2 nitrogen and oxygen atoms in total. The Kier molecular flexibility index (Phi) is 3.78. The molecule has 2 atom stereocenters. The minimum Gasteiger partial charge on any atom is -0.386 e. The van der Waals surface area contributed by atoms with Crippen molar-refractivity contribution in [2.75, 3.05) is 18.1 Å². The molecule has 2 rings (SSSR count). The zero-order valence-electron chi connectivity index (χ0n) is 8.53. The van der Waals surface area contributed by atoms with Crippen LogP contribution >= 0.6 is 11.8 Å². The number of thioether (sulfide) groups is 1. The van der Waals surface area contributed by atoms with E-state index in [9.17, 15) is 13.9 Å². The van der Waals surface area contributed by atoms with Gasteiger partial charge in [0.2, 0.25) is 0 Å². The van der Waals surface area contributed by atoms with Gasteiger partial charge in [0.15, 0.2) is 0 Å². The fraction of sp³-hybridized carbons (Fsp3) is 0.455. The van der Waals surface area contributed by atoms with E-state index in [0.29, 0.717) is 12.4 Å². The average Bonchev–Trinajstić information content (AvgIpc) is 2.28. The molecule has 0 bridgehead atoms. The summed E-state index contributed by atoms with van der Waals surface area (Å²) >= 11 is 1.66. The van der Waals surface area contributed by atoms with Crippen LogP contribution in [0.1, 0.15) is 11.7 Å². The molecular weight excluding hydrogens is 234 g/mol. The van der Waals surface area contributed by atoms with Crippen LogP contribution in [0.15, 0.2) is 18.2 Å². The van der Waals surface area contributed by atoms with Crippen molar-refractivity contribution < 1.29 is 18.6 Å². The van der Waals surface area contributed by atoms with Gasteiger partial charge < -0.3 is 9.84 Å². The van der Waals surface area contributed by atoms with Gasteiger partial charge in [-0.25, -0.2) is 8.78 Å². The number of halogens is 2. The van der Waals surface area contributed by atoms with Crippen LogP contribution in [0.2, 0.25) is 0 Å². The zero-order valence-corrected chi connectivity index (χ0v) is 9.34. The normalized spacial score (nSPS) is 23.1. The van der Waals surface area contributed by atoms with E-state index in [-0.39, 0.29) is 11.7 Å². The molecule has 1 aromatic rings. The summed E-state index contributed by atoms with van der Waals surface area (Å²) in [4.78, 5) is 0. The lowest BCUT2D eigenvalue weighted by molar-refractivity contribution is -0.0229. The van der Waals surface area contributed by atoms with Crippen molar-refractivity contribution >= 4 is 11.8 Å². The Hall–Kier alpha value is -0.650. The molecule has 1 fully saturated rings. The first-order valence-corrected chi connectivity index (χ1v) is 6.15. The molecule has 5 heteroatoms. The van der Waals surface area contributed by atoms with Gasteiger partial charge in [0.05, 0.1) is 12.7 Å². The van der Waals surface area contributed by atoms with E-state index >= 15 is 0 Å². The highest BCUT2D eigenvalue weighted by atomic mass is 32.2. The highest BCUT2D eigenvalue weighted by Gasteiger charge is 2.25. The summed E-state index contributed by atoms with van der Waals surface area (Å²) in [5, 5.41) is 9.92. The SMILES string of the molecule is OC(c1cc(F)cc(F)c1)C1CSCCO1. The van der Waals surface area contributed by atoms with Crippen LogP contribution in [0.3, 0.4) is 0 Å². The smallest absolute Gasteiger partial charge is 0.126 e. The van der Waals surface area contributed by atoms with Crippen molar-refractivity contribution in [2.45, 2.75) is 12.2 Å². The molecular formula is C11H12F2O2S. The monoisotopic (exact) mass is 246 g/mol. The third-order valence-corrected chi connectivity index (χ3v) is 3.44. The van der Waals surface area contributed by atoms with Crippen molar-refractivity contribution in [1.82, 2.24) is 0 Å². The number of ether oxygens (including phenoxy) is 1. The third-order valence-electron chi connectivity index (χ3n) is 2.42. The molecule has 16 heavy (non-hydrogen) atoms. The fourth-order valence-corrected chi connectivity index (χ4v) is 2.54. The highest BCUT2D eigenvalue weighted by molar-refractivity contribution is 7.99. The Morgan fingerprint density at radius 2 is 2.00 bits per heavy atom. The second-order valence-electron chi connectivity index (χ2n) is 3.63. The van der Waals surface area contributed by atoms with Crippen molar-refractivity contribution in [3.8, 4) is 0 Å². The number of aliphatic hydroxyl groups is 1. The largest absolute Gasteiger partial charge is 0.386 e. The van der Waals surface area contributed by atoms with E-state index in [1.807, 2.05) is 0 Å². The minimum atomic E-state index is -0.974. The van der Waals surface area contributed by atoms with E-state index in [4.69, 9.17) is 4.74 Å². The second-order valence-corrected chi connectivity index (χ2v) is 4.78. The lowest BCUT2D eigenvalue weighted by atomic mass is 10.0. The van der Waals surface area contributed by atoms with E-state index in [1.165, 1.54) is 0 Å². The summed E-state index contributed by atoms with van der Waals surface area (Å²) in [6.07, 6.45) is -1.36. The summed E-state index contributed by atoms with van der Waals surface area (Å²) < 4.78 is 31.3. The first-order chi connectivity index (χ1) is 7.66. The van der Waals surface area contributed by atoms with Crippen LogP contribution in [0, 0.1) is 11.6 Å². The highest BCUT2D eigenvalue weighted by Crippen LogP contribution is 2.26. The molecule has 1 aromatic carbocycles. The molecule has 0 radical (unpaired) electrons. The molecule has 2 unspecified atom stereocenters. The first kappa shape index (κ1) is 11.8. The van der Waals surface area contributed by atoms with Crippen molar-refractivity contribution in [3.05, 3.63) is 35.4 Å². The van der Waals surface area contributed by atoms with Crippen LogP contribution < -0.4 is 0 Å². The van der Waals surface area contributed by atoms with Gasteiger partial charge in [-0.3, -0.25) is 0 Å². The Morgan fingerprint density at radius 3 is 2.56 bits per heavy atom. The van der Waals surface area contributed by atoms with E-state index in [2.05, 4.69) is 0 Å². The molecule has 0 aliphatic carbocycles. The van der Waals surface area contributed by atoms with E-state index < -0.39 is 17.7 Å². The summed E-state index contributed by atoms with van der Waals surface area (Å²) in [5.74, 6) is 0.162. The topological polar surface area (TPSA) is 29.5 Å². The number of hydrogen-bond acceptors (Lipinski definition) is 3. The Balaban J connectivity index is 2.15. The molecule has 0 amide bonds. The predicted octanol–water partition coefficient (Wildman–Crippen LogP) is 2.13. The molecule has 1 N–H and O–H groups in total. The van der Waals surface area contributed by atoms with Crippen LogP contribution in [0.5, 0.6) is 0 Å². The maximum atomic E-state index is 13.0. The first-order valence-electron chi connectivity index (χ1n) is 5.00.